The summed E-state index contributed by atoms with van der Waals surface area (Å²) in [6.45, 7) is 0. The number of hydrogen-bond acceptors (Lipinski definition) is 5. The van der Waals surface area contributed by atoms with E-state index < -0.39 is 12.3 Å². The van der Waals surface area contributed by atoms with Gasteiger partial charge in [-0.2, -0.15) is 0 Å². The summed E-state index contributed by atoms with van der Waals surface area (Å²) >= 11 is 2.02. The fraction of sp³-hybridized carbons (Fsp3) is 0.100. The van der Waals surface area contributed by atoms with Gasteiger partial charge in [0.15, 0.2) is 0 Å². The molecule has 98 valence electrons. The third-order valence-electron chi connectivity index (χ3n) is 2.27. The van der Waals surface area contributed by atoms with Crippen molar-refractivity contribution in [2.24, 2.45) is 0 Å². The fourth-order valence-corrected chi connectivity index (χ4v) is 1.74. The molecule has 0 saturated heterocycles. The monoisotopic (exact) mass is 328 g/mol. The summed E-state index contributed by atoms with van der Waals surface area (Å²) in [6, 6.07) is 5.05. The summed E-state index contributed by atoms with van der Waals surface area (Å²) in [5.41, 5.74) is -0.224. The van der Waals surface area contributed by atoms with Crippen LogP contribution < -0.4 is 9.54 Å². The molecule has 0 atom stereocenters. The Labute approximate surface area is 114 Å². The van der Waals surface area contributed by atoms with E-state index in [-0.39, 0.29) is 21.4 Å². The van der Waals surface area contributed by atoms with Gasteiger partial charge in [-0.1, -0.05) is 0 Å². The molecule has 0 saturated carbocycles. The van der Waals surface area contributed by atoms with Gasteiger partial charge in [0.25, 0.3) is 0 Å². The molecule has 1 heterocycles. The van der Waals surface area contributed by atoms with Gasteiger partial charge in [0.2, 0.25) is 0 Å². The van der Waals surface area contributed by atoms with E-state index in [1.807, 2.05) is 16.9 Å². The zero-order valence-corrected chi connectivity index (χ0v) is 11.2. The van der Waals surface area contributed by atoms with Gasteiger partial charge < -0.3 is 0 Å². The zero-order valence-electron chi connectivity index (χ0n) is 9.29. The van der Waals surface area contributed by atoms with Crippen molar-refractivity contribution in [3.8, 4) is 0 Å². The van der Waals surface area contributed by atoms with Crippen molar-refractivity contribution in [2.75, 3.05) is 5.06 Å². The van der Waals surface area contributed by atoms with Crippen LogP contribution in [-0.2, 0) is 0 Å². The second-order valence-electron chi connectivity index (χ2n) is 3.49. The Bertz CT molecular complexity index is 605. The number of hydroxylamine groups is 1. The number of alkyl halides is 2. The number of aromatic nitrogens is 2. The maximum atomic E-state index is 12.6. The first-order valence-corrected chi connectivity index (χ1v) is 5.92. The summed E-state index contributed by atoms with van der Waals surface area (Å²) < 4.78 is 29.8. The Kier molecular flexibility index (Phi) is 3.92. The quantitative estimate of drug-likeness (QED) is 0.380. The van der Waals surface area contributed by atoms with Crippen LogP contribution in [0.15, 0.2) is 28.9 Å². The van der Waals surface area contributed by atoms with Gasteiger partial charge in [-0.05, 0) is 0 Å². The van der Waals surface area contributed by atoms with Gasteiger partial charge in [0.1, 0.15) is 0 Å². The predicted octanol–water partition coefficient (Wildman–Crippen LogP) is 1.02. The number of rotatable bonds is 3. The Morgan fingerprint density at radius 3 is 2.74 bits per heavy atom. The Hall–Kier alpha value is -1.79. The molecule has 2 N–H and O–H groups in total. The first-order chi connectivity index (χ1) is 9.00. The second kappa shape index (κ2) is 5.46. The normalized spacial score (nSPS) is 10.8. The van der Waals surface area contributed by atoms with Crippen LogP contribution >= 0.6 is 0 Å². The summed E-state index contributed by atoms with van der Waals surface area (Å²) in [6.07, 6.45) is -2.66. The van der Waals surface area contributed by atoms with Gasteiger partial charge in [-0.15, -0.1) is 0 Å². The van der Waals surface area contributed by atoms with Crippen molar-refractivity contribution < 1.29 is 18.6 Å². The zero-order chi connectivity index (χ0) is 14.0. The average molecular weight is 328 g/mol. The molecule has 2 radical (unpaired) electrons. The van der Waals surface area contributed by atoms with E-state index in [9.17, 15) is 14.0 Å². The molecule has 1 aromatic carbocycles. The van der Waals surface area contributed by atoms with E-state index in [4.69, 9.17) is 5.41 Å². The molecule has 0 amide bonds. The van der Waals surface area contributed by atoms with Gasteiger partial charge in [-0.3, -0.25) is 0 Å². The molecule has 6 nitrogen and oxygen atoms in total. The SMILES string of the molecule is N=C(c1nonc1[As])N(O)c1cccc(C(F)F)c1. The molecule has 0 aliphatic rings. The van der Waals surface area contributed by atoms with Crippen LogP contribution in [0.1, 0.15) is 17.7 Å². The molecule has 0 aliphatic carbocycles. The number of nitrogens with one attached hydrogen (secondary N) is 1. The van der Waals surface area contributed by atoms with Gasteiger partial charge in [0, 0.05) is 0 Å². The Morgan fingerprint density at radius 2 is 2.16 bits per heavy atom. The second-order valence-corrected chi connectivity index (χ2v) is 4.38. The third kappa shape index (κ3) is 2.80. The van der Waals surface area contributed by atoms with Gasteiger partial charge in [-0.25, -0.2) is 0 Å². The van der Waals surface area contributed by atoms with Crippen molar-refractivity contribution >= 4 is 32.9 Å². The van der Waals surface area contributed by atoms with E-state index in [1.54, 1.807) is 0 Å². The maximum absolute atomic E-state index is 12.6. The summed E-state index contributed by atoms with van der Waals surface area (Å²) in [4.78, 5) is 0. The summed E-state index contributed by atoms with van der Waals surface area (Å²) in [7, 11) is 0. The minimum absolute atomic E-state index is 0.00458. The Balaban J connectivity index is 2.29. The molecule has 0 bridgehead atoms. The standard InChI is InChI=1S/C10H7AsF2N4O2/c11-8-7(15-19-16-8)10(14)17(18)6-3-1-2-5(4-6)9(12)13/h1-4,9,14,18H. The van der Waals surface area contributed by atoms with Crippen molar-refractivity contribution in [1.82, 2.24) is 10.3 Å². The number of anilines is 1. The van der Waals surface area contributed by atoms with E-state index in [0.29, 0.717) is 5.06 Å². The average Bonchev–Trinajstić information content (AvgIpc) is 2.83. The van der Waals surface area contributed by atoms with Crippen molar-refractivity contribution in [2.45, 2.75) is 6.43 Å². The van der Waals surface area contributed by atoms with Crippen molar-refractivity contribution in [3.05, 3.63) is 35.5 Å². The molecule has 1 aromatic heterocycles. The van der Waals surface area contributed by atoms with Crippen LogP contribution in [0.25, 0.3) is 0 Å². The number of hydrogen-bond donors (Lipinski definition) is 2. The van der Waals surface area contributed by atoms with Crippen LogP contribution in [0.2, 0.25) is 0 Å². The molecule has 0 fully saturated rings. The number of halogens is 2. The van der Waals surface area contributed by atoms with E-state index in [2.05, 4.69) is 14.9 Å². The third-order valence-corrected chi connectivity index (χ3v) is 2.89. The number of benzene rings is 1. The molecule has 0 unspecified atom stereocenters. The first kappa shape index (κ1) is 13.6. The number of nitrogens with zero attached hydrogens (tertiary/aromatic N) is 3. The predicted molar refractivity (Wildman–Crippen MR) is 62.2 cm³/mol. The van der Waals surface area contributed by atoms with Crippen LogP contribution in [0.5, 0.6) is 0 Å². The van der Waals surface area contributed by atoms with Crippen LogP contribution in [0.3, 0.4) is 0 Å². The topological polar surface area (TPSA) is 86.2 Å². The van der Waals surface area contributed by atoms with E-state index >= 15 is 0 Å². The summed E-state index contributed by atoms with van der Waals surface area (Å²) in [5, 5.41) is 24.9. The number of amidine groups is 1. The van der Waals surface area contributed by atoms with Crippen LogP contribution in [0, 0.1) is 5.41 Å². The molecular weight excluding hydrogens is 321 g/mol. The Morgan fingerprint density at radius 1 is 1.42 bits per heavy atom. The van der Waals surface area contributed by atoms with Gasteiger partial charge >= 0.3 is 114 Å². The molecule has 0 aliphatic heterocycles. The molecular formula is C10H7AsF2N4O2. The summed E-state index contributed by atoms with van der Waals surface area (Å²) in [5.74, 6) is -0.428. The molecule has 0 spiro atoms. The molecule has 19 heavy (non-hydrogen) atoms. The molecule has 2 aromatic rings. The van der Waals surface area contributed by atoms with E-state index in [1.165, 1.54) is 18.2 Å². The van der Waals surface area contributed by atoms with E-state index in [0.717, 1.165) is 6.07 Å². The van der Waals surface area contributed by atoms with Crippen molar-refractivity contribution in [1.29, 1.82) is 5.41 Å². The van der Waals surface area contributed by atoms with Crippen molar-refractivity contribution in [3.63, 3.8) is 0 Å². The van der Waals surface area contributed by atoms with Crippen LogP contribution in [0.4, 0.5) is 14.5 Å². The first-order valence-electron chi connectivity index (χ1n) is 4.98. The fourth-order valence-electron chi connectivity index (χ4n) is 1.35. The van der Waals surface area contributed by atoms with Crippen LogP contribution in [-0.4, -0.2) is 38.2 Å². The molecule has 9 heteroatoms. The minimum atomic E-state index is -2.66. The van der Waals surface area contributed by atoms with Gasteiger partial charge in [0.05, 0.1) is 0 Å². The molecule has 2 rings (SSSR count).